The Hall–Kier alpha value is -3.61. The van der Waals surface area contributed by atoms with Crippen LogP contribution >= 0.6 is 0 Å². The Morgan fingerprint density at radius 2 is 1.81 bits per heavy atom. The van der Waals surface area contributed by atoms with E-state index in [9.17, 15) is 9.59 Å². The van der Waals surface area contributed by atoms with Crippen LogP contribution in [0.15, 0.2) is 65.3 Å². The van der Waals surface area contributed by atoms with Gasteiger partial charge in [0.25, 0.3) is 5.91 Å². The van der Waals surface area contributed by atoms with E-state index in [0.717, 1.165) is 22.4 Å². The predicted molar refractivity (Wildman–Crippen MR) is 124 cm³/mol. The van der Waals surface area contributed by atoms with E-state index < -0.39 is 23.6 Å². The Morgan fingerprint density at radius 1 is 1.12 bits per heavy atom. The number of nitrogens with one attached hydrogen (secondary N) is 2. The van der Waals surface area contributed by atoms with E-state index in [4.69, 9.17) is 9.47 Å². The van der Waals surface area contributed by atoms with Crippen LogP contribution in [0.25, 0.3) is 6.08 Å². The summed E-state index contributed by atoms with van der Waals surface area (Å²) >= 11 is 0. The summed E-state index contributed by atoms with van der Waals surface area (Å²) in [5.74, 6) is 0.368. The lowest BCUT2D eigenvalue weighted by Crippen LogP contribution is -2.48. The maximum Gasteiger partial charge on any atom is 0.408 e. The Bertz CT molecular complexity index is 1010. The highest BCUT2D eigenvalue weighted by molar-refractivity contribution is 5.91. The molecule has 2 atom stereocenters. The van der Waals surface area contributed by atoms with Crippen molar-refractivity contribution in [3.63, 3.8) is 0 Å². The number of benzene rings is 2. The van der Waals surface area contributed by atoms with Gasteiger partial charge in [0, 0.05) is 17.6 Å². The van der Waals surface area contributed by atoms with Gasteiger partial charge in [-0.05, 0) is 45.4 Å². The normalized spacial score (nSPS) is 16.4. The summed E-state index contributed by atoms with van der Waals surface area (Å²) in [5, 5.41) is 6.74. The summed E-state index contributed by atoms with van der Waals surface area (Å²) in [6.45, 7) is 7.21. The van der Waals surface area contributed by atoms with Gasteiger partial charge in [-0.25, -0.2) is 10.2 Å². The van der Waals surface area contributed by atoms with Gasteiger partial charge in [0.05, 0.1) is 6.21 Å². The highest BCUT2D eigenvalue weighted by atomic mass is 16.6. The van der Waals surface area contributed by atoms with Crippen LogP contribution in [-0.2, 0) is 16.0 Å². The fourth-order valence-corrected chi connectivity index (χ4v) is 3.16. The van der Waals surface area contributed by atoms with Crippen molar-refractivity contribution in [2.24, 2.45) is 5.10 Å². The van der Waals surface area contributed by atoms with E-state index >= 15 is 0 Å². The lowest BCUT2D eigenvalue weighted by Gasteiger charge is -2.23. The Kier molecular flexibility index (Phi) is 7.30. The molecule has 168 valence electrons. The maximum atomic E-state index is 12.8. The second-order valence-corrected chi connectivity index (χ2v) is 8.57. The van der Waals surface area contributed by atoms with Crippen LogP contribution in [0.1, 0.15) is 38.8 Å². The van der Waals surface area contributed by atoms with Crippen molar-refractivity contribution in [2.75, 3.05) is 0 Å². The van der Waals surface area contributed by atoms with Gasteiger partial charge in [-0.2, -0.15) is 5.10 Å². The minimum Gasteiger partial charge on any atom is -0.485 e. The van der Waals surface area contributed by atoms with Gasteiger partial charge >= 0.3 is 6.09 Å². The molecule has 1 aliphatic heterocycles. The lowest BCUT2D eigenvalue weighted by atomic mass is 10.0. The minimum atomic E-state index is -0.848. The van der Waals surface area contributed by atoms with Crippen molar-refractivity contribution >= 4 is 24.3 Å². The quantitative estimate of drug-likeness (QED) is 0.528. The fourth-order valence-electron chi connectivity index (χ4n) is 3.16. The van der Waals surface area contributed by atoms with Gasteiger partial charge in [-0.1, -0.05) is 48.5 Å². The number of hydrogen-bond donors (Lipinski definition) is 2. The third kappa shape index (κ3) is 6.70. The third-order valence-corrected chi connectivity index (χ3v) is 4.69. The first-order valence-electron chi connectivity index (χ1n) is 10.5. The molecule has 7 heteroatoms. The van der Waals surface area contributed by atoms with Crippen molar-refractivity contribution in [3.8, 4) is 5.75 Å². The monoisotopic (exact) mass is 435 g/mol. The standard InChI is InChI=1S/C25H29N3O4/c1-17-20(15-19-12-8-9-13-22(19)31-17)16-26-28-23(29)21(14-18-10-6-5-7-11-18)27-24(30)32-25(2,3)4/h5-13,15-17,21H,14H2,1-4H3,(H,27,30)(H,28,29)/t17-,21+/m1/s1. The molecular weight excluding hydrogens is 406 g/mol. The summed E-state index contributed by atoms with van der Waals surface area (Å²) in [6.07, 6.45) is 2.97. The molecule has 7 nitrogen and oxygen atoms in total. The summed E-state index contributed by atoms with van der Waals surface area (Å²) in [5.41, 5.74) is 4.53. The lowest BCUT2D eigenvalue weighted by molar-refractivity contribution is -0.123. The molecule has 0 fully saturated rings. The highest BCUT2D eigenvalue weighted by Gasteiger charge is 2.25. The van der Waals surface area contributed by atoms with Crippen LogP contribution < -0.4 is 15.5 Å². The van der Waals surface area contributed by atoms with Gasteiger partial charge in [0.1, 0.15) is 23.5 Å². The van der Waals surface area contributed by atoms with Crippen LogP contribution in [0.2, 0.25) is 0 Å². The van der Waals surface area contributed by atoms with Crippen LogP contribution in [0.5, 0.6) is 5.75 Å². The van der Waals surface area contributed by atoms with E-state index in [1.54, 1.807) is 27.0 Å². The van der Waals surface area contributed by atoms with Crippen LogP contribution in [0.4, 0.5) is 4.79 Å². The zero-order chi connectivity index (χ0) is 23.1. The van der Waals surface area contributed by atoms with E-state index in [2.05, 4.69) is 15.8 Å². The van der Waals surface area contributed by atoms with Crippen LogP contribution in [-0.4, -0.2) is 36.0 Å². The molecule has 3 rings (SSSR count). The first-order valence-corrected chi connectivity index (χ1v) is 10.5. The minimum absolute atomic E-state index is 0.203. The molecule has 0 radical (unpaired) electrons. The number of fused-ring (bicyclic) bond motifs is 1. The second-order valence-electron chi connectivity index (χ2n) is 8.57. The molecule has 2 aromatic rings. The first-order chi connectivity index (χ1) is 15.2. The number of para-hydroxylation sites is 1. The SMILES string of the molecule is C[C@H]1Oc2ccccc2C=C1C=NNC(=O)[C@H](Cc1ccccc1)NC(=O)OC(C)(C)C. The number of nitrogens with zero attached hydrogens (tertiary/aromatic N) is 1. The van der Waals surface area contributed by atoms with Crippen molar-refractivity contribution < 1.29 is 19.1 Å². The molecule has 0 bridgehead atoms. The molecule has 2 aromatic carbocycles. The average molecular weight is 436 g/mol. The number of carbonyl (C=O) groups is 2. The van der Waals surface area contributed by atoms with Crippen LogP contribution in [0.3, 0.4) is 0 Å². The van der Waals surface area contributed by atoms with Gasteiger partial charge in [-0.15, -0.1) is 0 Å². The Balaban J connectivity index is 1.69. The average Bonchev–Trinajstić information content (AvgIpc) is 2.73. The van der Waals surface area contributed by atoms with Crippen molar-refractivity contribution in [1.29, 1.82) is 0 Å². The van der Waals surface area contributed by atoms with Gasteiger partial charge in [0.15, 0.2) is 0 Å². The van der Waals surface area contributed by atoms with Crippen LogP contribution in [0, 0.1) is 0 Å². The number of alkyl carbamates (subject to hydrolysis) is 1. The molecule has 0 aromatic heterocycles. The number of carbonyl (C=O) groups excluding carboxylic acids is 2. The molecule has 1 heterocycles. The molecule has 0 saturated heterocycles. The molecule has 2 amide bonds. The smallest absolute Gasteiger partial charge is 0.408 e. The second kappa shape index (κ2) is 10.1. The van der Waals surface area contributed by atoms with Gasteiger partial charge in [-0.3, -0.25) is 4.79 Å². The van der Waals surface area contributed by atoms with Crippen molar-refractivity contribution in [2.45, 2.75) is 51.9 Å². The van der Waals surface area contributed by atoms with Crippen molar-refractivity contribution in [1.82, 2.24) is 10.7 Å². The number of amides is 2. The van der Waals surface area contributed by atoms with E-state index in [1.165, 1.54) is 0 Å². The Morgan fingerprint density at radius 3 is 2.53 bits per heavy atom. The summed E-state index contributed by atoms with van der Waals surface area (Å²) in [6, 6.07) is 16.3. The summed E-state index contributed by atoms with van der Waals surface area (Å²) in [4.78, 5) is 25.1. The fraction of sp³-hybridized carbons (Fsp3) is 0.320. The molecule has 0 unspecified atom stereocenters. The Labute approximate surface area is 188 Å². The van der Waals surface area contributed by atoms with Crippen molar-refractivity contribution in [3.05, 3.63) is 71.3 Å². The topological polar surface area (TPSA) is 89.0 Å². The maximum absolute atomic E-state index is 12.8. The first kappa shape index (κ1) is 23.1. The number of ether oxygens (including phenoxy) is 2. The zero-order valence-corrected chi connectivity index (χ0v) is 18.8. The number of hydrogen-bond acceptors (Lipinski definition) is 5. The molecular formula is C25H29N3O4. The molecule has 0 saturated carbocycles. The van der Waals surface area contributed by atoms with E-state index in [-0.39, 0.29) is 6.10 Å². The molecule has 0 spiro atoms. The molecule has 2 N–H and O–H groups in total. The van der Waals surface area contributed by atoms with Gasteiger partial charge < -0.3 is 14.8 Å². The zero-order valence-electron chi connectivity index (χ0n) is 18.8. The van der Waals surface area contributed by atoms with E-state index in [1.807, 2.05) is 67.6 Å². The largest absolute Gasteiger partial charge is 0.485 e. The predicted octanol–water partition coefficient (Wildman–Crippen LogP) is 4.09. The highest BCUT2D eigenvalue weighted by Crippen LogP contribution is 2.28. The molecule has 0 aliphatic carbocycles. The summed E-state index contributed by atoms with van der Waals surface area (Å²) < 4.78 is 11.2. The number of hydrazone groups is 1. The van der Waals surface area contributed by atoms with E-state index in [0.29, 0.717) is 6.42 Å². The molecule has 32 heavy (non-hydrogen) atoms. The summed E-state index contributed by atoms with van der Waals surface area (Å²) in [7, 11) is 0. The third-order valence-electron chi connectivity index (χ3n) is 4.69. The van der Waals surface area contributed by atoms with Gasteiger partial charge in [0.2, 0.25) is 0 Å². The molecule has 1 aliphatic rings. The number of rotatable bonds is 6.